The van der Waals surface area contributed by atoms with Crippen molar-refractivity contribution in [1.29, 1.82) is 5.41 Å². The second-order valence-electron chi connectivity index (χ2n) is 4.73. The van der Waals surface area contributed by atoms with Gasteiger partial charge in [-0.05, 0) is 25.0 Å². The third-order valence-corrected chi connectivity index (χ3v) is 2.80. The summed E-state index contributed by atoms with van der Waals surface area (Å²) in [6.07, 6.45) is 0. The molecular formula is C14H23N3O. The van der Waals surface area contributed by atoms with Crippen LogP contribution < -0.4 is 15.4 Å². The van der Waals surface area contributed by atoms with Crippen LogP contribution >= 0.6 is 0 Å². The summed E-state index contributed by atoms with van der Waals surface area (Å²) in [5, 5.41) is 7.66. The molecule has 1 rings (SSSR count). The summed E-state index contributed by atoms with van der Waals surface area (Å²) in [5.74, 6) is 1.43. The molecule has 0 spiro atoms. The van der Waals surface area contributed by atoms with Gasteiger partial charge in [0.25, 0.3) is 0 Å². The average Bonchev–Trinajstić information content (AvgIpc) is 2.34. The van der Waals surface area contributed by atoms with Crippen LogP contribution in [-0.4, -0.2) is 26.0 Å². The van der Waals surface area contributed by atoms with E-state index >= 15 is 0 Å². The Bertz CT molecular complexity index is 416. The van der Waals surface area contributed by atoms with Gasteiger partial charge in [-0.15, -0.1) is 0 Å². The molecule has 0 fully saturated rings. The molecule has 0 aliphatic heterocycles. The van der Waals surface area contributed by atoms with E-state index in [1.165, 1.54) is 0 Å². The number of nitrogen functional groups attached to an aromatic ring is 1. The van der Waals surface area contributed by atoms with E-state index in [0.29, 0.717) is 5.92 Å². The second-order valence-corrected chi connectivity index (χ2v) is 4.73. The van der Waals surface area contributed by atoms with Crippen LogP contribution in [0.15, 0.2) is 18.2 Å². The lowest BCUT2D eigenvalue weighted by molar-refractivity contribution is 0.414. The van der Waals surface area contributed by atoms with Crippen molar-refractivity contribution >= 4 is 11.5 Å². The molecule has 100 valence electrons. The Labute approximate surface area is 109 Å². The molecule has 18 heavy (non-hydrogen) atoms. The van der Waals surface area contributed by atoms with E-state index in [9.17, 15) is 0 Å². The number of ether oxygens (including phenoxy) is 1. The van der Waals surface area contributed by atoms with E-state index in [0.717, 1.165) is 30.1 Å². The van der Waals surface area contributed by atoms with Crippen molar-refractivity contribution in [3.63, 3.8) is 0 Å². The van der Waals surface area contributed by atoms with Gasteiger partial charge in [-0.1, -0.05) is 13.8 Å². The molecular weight excluding hydrogens is 226 g/mol. The topological polar surface area (TPSA) is 62.3 Å². The van der Waals surface area contributed by atoms with Crippen molar-refractivity contribution < 1.29 is 4.74 Å². The lowest BCUT2D eigenvalue weighted by Gasteiger charge is -2.27. The lowest BCUT2D eigenvalue weighted by atomic mass is 10.1. The van der Waals surface area contributed by atoms with Gasteiger partial charge >= 0.3 is 0 Å². The van der Waals surface area contributed by atoms with Crippen LogP contribution in [-0.2, 0) is 0 Å². The Balaban J connectivity index is 3.19. The van der Waals surface area contributed by atoms with Crippen LogP contribution in [0.4, 0.5) is 5.69 Å². The number of hydrogen-bond donors (Lipinski definition) is 2. The first-order valence-corrected chi connectivity index (χ1v) is 6.27. The van der Waals surface area contributed by atoms with Crippen molar-refractivity contribution in [2.24, 2.45) is 11.7 Å². The molecule has 4 heteroatoms. The SMILES string of the molecule is CCN(CC(C)C)c1cc(OC)ccc1C(=N)N. The number of amidine groups is 1. The highest BCUT2D eigenvalue weighted by molar-refractivity contribution is 6.00. The molecule has 0 aromatic heterocycles. The van der Waals surface area contributed by atoms with Crippen molar-refractivity contribution in [3.05, 3.63) is 23.8 Å². The highest BCUT2D eigenvalue weighted by atomic mass is 16.5. The van der Waals surface area contributed by atoms with Gasteiger partial charge in [-0.2, -0.15) is 0 Å². The summed E-state index contributed by atoms with van der Waals surface area (Å²) in [6, 6.07) is 5.63. The molecule has 0 saturated heterocycles. The Kier molecular flexibility index (Phi) is 5.01. The summed E-state index contributed by atoms with van der Waals surface area (Å²) in [7, 11) is 1.64. The minimum Gasteiger partial charge on any atom is -0.497 e. The van der Waals surface area contributed by atoms with Crippen LogP contribution in [0.3, 0.4) is 0 Å². The van der Waals surface area contributed by atoms with Gasteiger partial charge in [0.15, 0.2) is 0 Å². The molecule has 1 aromatic carbocycles. The molecule has 0 aliphatic carbocycles. The molecule has 0 amide bonds. The van der Waals surface area contributed by atoms with Crippen LogP contribution in [0, 0.1) is 11.3 Å². The Hall–Kier alpha value is -1.71. The number of anilines is 1. The third-order valence-electron chi connectivity index (χ3n) is 2.80. The smallest absolute Gasteiger partial charge is 0.124 e. The second kappa shape index (κ2) is 6.28. The average molecular weight is 249 g/mol. The zero-order valence-electron chi connectivity index (χ0n) is 11.7. The number of nitrogens with two attached hydrogens (primary N) is 1. The van der Waals surface area contributed by atoms with E-state index in [-0.39, 0.29) is 5.84 Å². The Morgan fingerprint density at radius 2 is 2.11 bits per heavy atom. The number of nitrogens with zero attached hydrogens (tertiary/aromatic N) is 1. The summed E-state index contributed by atoms with van der Waals surface area (Å²) in [6.45, 7) is 8.27. The zero-order chi connectivity index (χ0) is 13.7. The van der Waals surface area contributed by atoms with E-state index in [2.05, 4.69) is 25.7 Å². The fourth-order valence-corrected chi connectivity index (χ4v) is 1.97. The molecule has 0 radical (unpaired) electrons. The van der Waals surface area contributed by atoms with E-state index in [1.807, 2.05) is 18.2 Å². The van der Waals surface area contributed by atoms with Gasteiger partial charge in [0.2, 0.25) is 0 Å². The first-order chi connectivity index (χ1) is 8.49. The van der Waals surface area contributed by atoms with Crippen LogP contribution in [0.5, 0.6) is 5.75 Å². The van der Waals surface area contributed by atoms with E-state index < -0.39 is 0 Å². The van der Waals surface area contributed by atoms with Gasteiger partial charge in [0.1, 0.15) is 11.6 Å². The van der Waals surface area contributed by atoms with Gasteiger partial charge in [0.05, 0.1) is 12.8 Å². The van der Waals surface area contributed by atoms with Crippen LogP contribution in [0.2, 0.25) is 0 Å². The van der Waals surface area contributed by atoms with Gasteiger partial charge in [-0.25, -0.2) is 0 Å². The highest BCUT2D eigenvalue weighted by Gasteiger charge is 2.14. The van der Waals surface area contributed by atoms with Crippen LogP contribution in [0.25, 0.3) is 0 Å². The fraction of sp³-hybridized carbons (Fsp3) is 0.500. The molecule has 0 saturated carbocycles. The molecule has 0 heterocycles. The summed E-state index contributed by atoms with van der Waals surface area (Å²) < 4.78 is 5.25. The quantitative estimate of drug-likeness (QED) is 0.601. The normalized spacial score (nSPS) is 10.5. The summed E-state index contributed by atoms with van der Waals surface area (Å²) in [4.78, 5) is 2.23. The maximum atomic E-state index is 7.66. The molecule has 0 bridgehead atoms. The number of hydrogen-bond acceptors (Lipinski definition) is 3. The molecule has 0 atom stereocenters. The van der Waals surface area contributed by atoms with Crippen LogP contribution in [0.1, 0.15) is 26.3 Å². The molecule has 0 aliphatic rings. The fourth-order valence-electron chi connectivity index (χ4n) is 1.97. The summed E-state index contributed by atoms with van der Waals surface area (Å²) >= 11 is 0. The van der Waals surface area contributed by atoms with E-state index in [1.54, 1.807) is 7.11 Å². The largest absolute Gasteiger partial charge is 0.497 e. The highest BCUT2D eigenvalue weighted by Crippen LogP contribution is 2.26. The van der Waals surface area contributed by atoms with E-state index in [4.69, 9.17) is 15.9 Å². The zero-order valence-corrected chi connectivity index (χ0v) is 11.7. The maximum absolute atomic E-state index is 7.66. The van der Waals surface area contributed by atoms with Crippen molar-refractivity contribution in [2.75, 3.05) is 25.1 Å². The lowest BCUT2D eigenvalue weighted by Crippen LogP contribution is -2.29. The third kappa shape index (κ3) is 3.39. The summed E-state index contributed by atoms with van der Waals surface area (Å²) in [5.41, 5.74) is 7.38. The minimum absolute atomic E-state index is 0.0925. The molecule has 0 unspecified atom stereocenters. The maximum Gasteiger partial charge on any atom is 0.124 e. The van der Waals surface area contributed by atoms with Gasteiger partial charge in [0, 0.05) is 24.7 Å². The Morgan fingerprint density at radius 1 is 1.44 bits per heavy atom. The number of benzene rings is 1. The predicted molar refractivity (Wildman–Crippen MR) is 76.7 cm³/mol. The van der Waals surface area contributed by atoms with Gasteiger partial charge in [-0.3, -0.25) is 5.41 Å². The molecule has 1 aromatic rings. The molecule has 3 N–H and O–H groups in total. The standard InChI is InChI=1S/C14H23N3O/c1-5-17(9-10(2)3)13-8-11(18-4)6-7-12(13)14(15)16/h6-8,10H,5,9H2,1-4H3,(H3,15,16). The van der Waals surface area contributed by atoms with Crippen molar-refractivity contribution in [1.82, 2.24) is 0 Å². The number of nitrogens with one attached hydrogen (secondary N) is 1. The number of methoxy groups -OCH3 is 1. The first kappa shape index (κ1) is 14.4. The Morgan fingerprint density at radius 3 is 2.56 bits per heavy atom. The minimum atomic E-state index is 0.0925. The molecule has 4 nitrogen and oxygen atoms in total. The van der Waals surface area contributed by atoms with Crippen molar-refractivity contribution in [3.8, 4) is 5.75 Å². The van der Waals surface area contributed by atoms with Crippen molar-refractivity contribution in [2.45, 2.75) is 20.8 Å². The first-order valence-electron chi connectivity index (χ1n) is 6.27. The predicted octanol–water partition coefficient (Wildman–Crippen LogP) is 2.46. The monoisotopic (exact) mass is 249 g/mol. The number of rotatable bonds is 6. The van der Waals surface area contributed by atoms with Gasteiger partial charge < -0.3 is 15.4 Å².